The zero-order chi connectivity index (χ0) is 13.0. The molecule has 1 atom stereocenters. The van der Waals surface area contributed by atoms with Gasteiger partial charge >= 0.3 is 5.97 Å². The van der Waals surface area contributed by atoms with Crippen molar-refractivity contribution in [2.24, 2.45) is 5.92 Å². The lowest BCUT2D eigenvalue weighted by molar-refractivity contribution is -0.142. The number of carboxylic acids is 1. The predicted octanol–water partition coefficient (Wildman–Crippen LogP) is 1.27. The Morgan fingerprint density at radius 3 is 2.50 bits per heavy atom. The van der Waals surface area contributed by atoms with Crippen molar-refractivity contribution in [1.29, 1.82) is 0 Å². The Morgan fingerprint density at radius 2 is 2.00 bits per heavy atom. The largest absolute Gasteiger partial charge is 0.481 e. The predicted molar refractivity (Wildman–Crippen MR) is 65.1 cm³/mol. The van der Waals surface area contributed by atoms with Crippen LogP contribution in [0.2, 0.25) is 0 Å². The van der Waals surface area contributed by atoms with Crippen LogP contribution in [0.3, 0.4) is 0 Å². The van der Waals surface area contributed by atoms with E-state index < -0.39 is 5.97 Å². The molecule has 1 N–H and O–H groups in total. The molecule has 1 unspecified atom stereocenters. The van der Waals surface area contributed by atoms with Crippen LogP contribution < -0.4 is 0 Å². The third kappa shape index (κ3) is 3.45. The SMILES string of the molecule is O=C(O)CCN(CC1CCCO1)C(=O)C1CCC1. The Balaban J connectivity index is 1.87. The number of amides is 1. The van der Waals surface area contributed by atoms with Crippen LogP contribution in [0.25, 0.3) is 0 Å². The minimum atomic E-state index is -0.853. The second kappa shape index (κ2) is 6.18. The molecule has 1 amide bonds. The van der Waals surface area contributed by atoms with Crippen molar-refractivity contribution in [3.8, 4) is 0 Å². The maximum Gasteiger partial charge on any atom is 0.305 e. The van der Waals surface area contributed by atoms with E-state index >= 15 is 0 Å². The highest BCUT2D eigenvalue weighted by molar-refractivity contribution is 5.80. The molecule has 5 heteroatoms. The minimum absolute atomic E-state index is 0.0190. The van der Waals surface area contributed by atoms with Gasteiger partial charge in [0, 0.05) is 25.6 Å². The summed E-state index contributed by atoms with van der Waals surface area (Å²) in [6.45, 7) is 1.63. The Hall–Kier alpha value is -1.10. The summed E-state index contributed by atoms with van der Waals surface area (Å²) in [7, 11) is 0. The van der Waals surface area contributed by atoms with Crippen molar-refractivity contribution in [3.63, 3.8) is 0 Å². The van der Waals surface area contributed by atoms with Gasteiger partial charge < -0.3 is 14.7 Å². The van der Waals surface area contributed by atoms with E-state index in [-0.39, 0.29) is 24.3 Å². The van der Waals surface area contributed by atoms with Gasteiger partial charge in [-0.25, -0.2) is 0 Å². The molecular formula is C13H21NO4. The Labute approximate surface area is 107 Å². The van der Waals surface area contributed by atoms with Crippen molar-refractivity contribution in [1.82, 2.24) is 4.90 Å². The van der Waals surface area contributed by atoms with Gasteiger partial charge in [-0.05, 0) is 25.7 Å². The van der Waals surface area contributed by atoms with Crippen LogP contribution in [0.5, 0.6) is 0 Å². The van der Waals surface area contributed by atoms with Crippen LogP contribution in [0.1, 0.15) is 38.5 Å². The molecule has 0 radical (unpaired) electrons. The number of hydrogen-bond acceptors (Lipinski definition) is 3. The van der Waals surface area contributed by atoms with Gasteiger partial charge in [0.25, 0.3) is 0 Å². The molecule has 0 aromatic carbocycles. The second-order valence-corrected chi connectivity index (χ2v) is 5.19. The van der Waals surface area contributed by atoms with E-state index in [1.807, 2.05) is 0 Å². The number of carbonyl (C=O) groups excluding carboxylic acids is 1. The first-order valence-corrected chi connectivity index (χ1v) is 6.79. The van der Waals surface area contributed by atoms with Crippen LogP contribution in [0.15, 0.2) is 0 Å². The molecule has 1 saturated heterocycles. The Kier molecular flexibility index (Phi) is 4.58. The molecule has 5 nitrogen and oxygen atoms in total. The highest BCUT2D eigenvalue weighted by Gasteiger charge is 2.31. The van der Waals surface area contributed by atoms with Gasteiger partial charge in [0.2, 0.25) is 5.91 Å². The van der Waals surface area contributed by atoms with Gasteiger partial charge in [0.1, 0.15) is 0 Å². The highest BCUT2D eigenvalue weighted by Crippen LogP contribution is 2.28. The molecule has 0 aromatic heterocycles. The summed E-state index contributed by atoms with van der Waals surface area (Å²) in [4.78, 5) is 24.6. The molecule has 2 rings (SSSR count). The summed E-state index contributed by atoms with van der Waals surface area (Å²) in [6.07, 6.45) is 5.15. The fourth-order valence-corrected chi connectivity index (χ4v) is 2.47. The standard InChI is InChI=1S/C13H21NO4/c15-12(16)6-7-14(9-11-5-2-8-18-11)13(17)10-3-1-4-10/h10-11H,1-9H2,(H,15,16). The monoisotopic (exact) mass is 255 g/mol. The van der Waals surface area contributed by atoms with E-state index in [0.717, 1.165) is 38.7 Å². The smallest absolute Gasteiger partial charge is 0.305 e. The first-order valence-electron chi connectivity index (χ1n) is 6.79. The number of hydrogen-bond donors (Lipinski definition) is 1. The third-order valence-electron chi connectivity index (χ3n) is 3.81. The Bertz CT molecular complexity index is 308. The molecule has 1 aliphatic heterocycles. The molecule has 0 spiro atoms. The van der Waals surface area contributed by atoms with Crippen molar-refractivity contribution >= 4 is 11.9 Å². The molecule has 0 bridgehead atoms. The van der Waals surface area contributed by atoms with E-state index in [1.165, 1.54) is 0 Å². The zero-order valence-electron chi connectivity index (χ0n) is 10.6. The van der Waals surface area contributed by atoms with Crippen molar-refractivity contribution in [2.45, 2.75) is 44.6 Å². The quantitative estimate of drug-likeness (QED) is 0.776. The lowest BCUT2D eigenvalue weighted by Crippen LogP contribution is -2.43. The fourth-order valence-electron chi connectivity index (χ4n) is 2.47. The third-order valence-corrected chi connectivity index (χ3v) is 3.81. The highest BCUT2D eigenvalue weighted by atomic mass is 16.5. The van der Waals surface area contributed by atoms with Crippen LogP contribution in [-0.4, -0.2) is 47.7 Å². The maximum absolute atomic E-state index is 12.2. The van der Waals surface area contributed by atoms with Gasteiger partial charge in [0.05, 0.1) is 12.5 Å². The van der Waals surface area contributed by atoms with Crippen molar-refractivity contribution in [3.05, 3.63) is 0 Å². The van der Waals surface area contributed by atoms with E-state index in [0.29, 0.717) is 13.1 Å². The number of nitrogens with zero attached hydrogens (tertiary/aromatic N) is 1. The van der Waals surface area contributed by atoms with Crippen molar-refractivity contribution in [2.75, 3.05) is 19.7 Å². The number of aliphatic carboxylic acids is 1. The lowest BCUT2D eigenvalue weighted by Gasteiger charge is -2.32. The average molecular weight is 255 g/mol. The fraction of sp³-hybridized carbons (Fsp3) is 0.846. The Morgan fingerprint density at radius 1 is 1.22 bits per heavy atom. The molecule has 1 heterocycles. The molecule has 2 aliphatic rings. The molecular weight excluding hydrogens is 234 g/mol. The number of carboxylic acid groups (broad SMARTS) is 1. The normalized spacial score (nSPS) is 23.7. The molecule has 0 aromatic rings. The van der Waals surface area contributed by atoms with E-state index in [4.69, 9.17) is 9.84 Å². The summed E-state index contributed by atoms with van der Waals surface area (Å²) in [5.41, 5.74) is 0. The molecule has 18 heavy (non-hydrogen) atoms. The van der Waals surface area contributed by atoms with Crippen LogP contribution >= 0.6 is 0 Å². The van der Waals surface area contributed by atoms with Gasteiger partial charge in [-0.15, -0.1) is 0 Å². The van der Waals surface area contributed by atoms with Crippen LogP contribution in [-0.2, 0) is 14.3 Å². The molecule has 1 aliphatic carbocycles. The average Bonchev–Trinajstić information content (AvgIpc) is 2.73. The molecule has 102 valence electrons. The van der Waals surface area contributed by atoms with Gasteiger partial charge in [-0.1, -0.05) is 6.42 Å². The zero-order valence-corrected chi connectivity index (χ0v) is 10.6. The number of carbonyl (C=O) groups is 2. The van der Waals surface area contributed by atoms with Gasteiger partial charge in [-0.3, -0.25) is 9.59 Å². The minimum Gasteiger partial charge on any atom is -0.481 e. The van der Waals surface area contributed by atoms with Gasteiger partial charge in [0.15, 0.2) is 0 Å². The van der Waals surface area contributed by atoms with E-state index in [1.54, 1.807) is 4.90 Å². The van der Waals surface area contributed by atoms with Crippen molar-refractivity contribution < 1.29 is 19.4 Å². The topological polar surface area (TPSA) is 66.8 Å². The van der Waals surface area contributed by atoms with E-state index in [2.05, 4.69) is 0 Å². The summed E-state index contributed by atoms with van der Waals surface area (Å²) in [5, 5.41) is 8.75. The summed E-state index contributed by atoms with van der Waals surface area (Å²) in [5.74, 6) is -0.605. The first kappa shape index (κ1) is 13.3. The van der Waals surface area contributed by atoms with E-state index in [9.17, 15) is 9.59 Å². The maximum atomic E-state index is 12.2. The summed E-state index contributed by atoms with van der Waals surface area (Å²) in [6, 6.07) is 0. The molecule has 1 saturated carbocycles. The second-order valence-electron chi connectivity index (χ2n) is 5.19. The molecule has 2 fully saturated rings. The van der Waals surface area contributed by atoms with Crippen LogP contribution in [0, 0.1) is 5.92 Å². The lowest BCUT2D eigenvalue weighted by atomic mass is 9.84. The number of rotatable bonds is 6. The van der Waals surface area contributed by atoms with Crippen LogP contribution in [0.4, 0.5) is 0 Å². The first-order chi connectivity index (χ1) is 8.66. The summed E-state index contributed by atoms with van der Waals surface area (Å²) >= 11 is 0. The number of ether oxygens (including phenoxy) is 1. The van der Waals surface area contributed by atoms with Gasteiger partial charge in [-0.2, -0.15) is 0 Å². The summed E-state index contributed by atoms with van der Waals surface area (Å²) < 4.78 is 5.53.